The number of carboxylic acid groups (broad SMARTS) is 1. The van der Waals surface area contributed by atoms with Crippen LogP contribution >= 0.6 is 0 Å². The van der Waals surface area contributed by atoms with E-state index in [1.165, 1.54) is 6.07 Å². The van der Waals surface area contributed by atoms with E-state index in [1.54, 1.807) is 19.9 Å². The van der Waals surface area contributed by atoms with Crippen molar-refractivity contribution in [2.45, 2.75) is 20.3 Å². The van der Waals surface area contributed by atoms with Crippen molar-refractivity contribution in [3.63, 3.8) is 0 Å². The van der Waals surface area contributed by atoms with Gasteiger partial charge in [0.15, 0.2) is 0 Å². The number of phenolic OH excluding ortho intramolecular Hbond substituents is 1. The number of fused-ring (bicyclic) bond motifs is 1. The molecule has 0 bridgehead atoms. The molecule has 0 amide bonds. The first-order valence-corrected chi connectivity index (χ1v) is 5.36. The lowest BCUT2D eigenvalue weighted by molar-refractivity contribution is -0.304. The van der Waals surface area contributed by atoms with Crippen LogP contribution in [-0.4, -0.2) is 11.1 Å². The fraction of sp³-hybridized carbons (Fsp3) is 0.231. The second-order valence-corrected chi connectivity index (χ2v) is 4.13. The molecule has 0 saturated heterocycles. The summed E-state index contributed by atoms with van der Waals surface area (Å²) in [5.74, 6) is -1.31. The average molecular weight is 247 g/mol. The van der Waals surface area contributed by atoms with Crippen LogP contribution in [0.25, 0.3) is 11.0 Å². The molecule has 1 N–H and O–H groups in total. The number of rotatable bonds is 2. The van der Waals surface area contributed by atoms with Crippen molar-refractivity contribution in [1.82, 2.24) is 0 Å². The lowest BCUT2D eigenvalue weighted by Crippen LogP contribution is -2.27. The summed E-state index contributed by atoms with van der Waals surface area (Å²) in [7, 11) is 0. The van der Waals surface area contributed by atoms with Crippen LogP contribution in [0.15, 0.2) is 21.3 Å². The van der Waals surface area contributed by atoms with Gasteiger partial charge < -0.3 is 19.4 Å². The number of phenols is 1. The molecule has 1 aromatic carbocycles. The first kappa shape index (κ1) is 12.2. The Morgan fingerprint density at radius 2 is 2.00 bits per heavy atom. The molecule has 0 unspecified atom stereocenters. The molecule has 2 aromatic rings. The van der Waals surface area contributed by atoms with Crippen LogP contribution in [0, 0.1) is 13.8 Å². The largest absolute Gasteiger partial charge is 0.550 e. The Bertz CT molecular complexity index is 697. The van der Waals surface area contributed by atoms with Gasteiger partial charge in [-0.15, -0.1) is 0 Å². The molecule has 18 heavy (non-hydrogen) atoms. The third kappa shape index (κ3) is 1.84. The third-order valence-corrected chi connectivity index (χ3v) is 3.00. The van der Waals surface area contributed by atoms with E-state index < -0.39 is 18.0 Å². The standard InChI is InChI=1S/C13H12O5/c1-6-8-3-4-10(14)7(2)12(8)18-13(17)9(6)5-11(15)16/h3-4,14H,5H2,1-2H3,(H,15,16)/p-1. The van der Waals surface area contributed by atoms with Gasteiger partial charge in [0.1, 0.15) is 11.3 Å². The summed E-state index contributed by atoms with van der Waals surface area (Å²) < 4.78 is 5.08. The summed E-state index contributed by atoms with van der Waals surface area (Å²) >= 11 is 0. The fourth-order valence-corrected chi connectivity index (χ4v) is 1.93. The van der Waals surface area contributed by atoms with Crippen molar-refractivity contribution >= 4 is 16.9 Å². The molecule has 0 fully saturated rings. The molecule has 2 rings (SSSR count). The van der Waals surface area contributed by atoms with Crippen LogP contribution in [-0.2, 0) is 11.2 Å². The fourth-order valence-electron chi connectivity index (χ4n) is 1.93. The van der Waals surface area contributed by atoms with E-state index in [9.17, 15) is 19.8 Å². The number of carbonyl (C=O) groups is 1. The second-order valence-electron chi connectivity index (χ2n) is 4.13. The maximum Gasteiger partial charge on any atom is 0.340 e. The van der Waals surface area contributed by atoms with E-state index in [0.717, 1.165) is 0 Å². The molecule has 0 radical (unpaired) electrons. The molecule has 5 heteroatoms. The van der Waals surface area contributed by atoms with Crippen molar-refractivity contribution < 1.29 is 19.4 Å². The number of aromatic hydroxyl groups is 1. The zero-order valence-electron chi connectivity index (χ0n) is 9.94. The summed E-state index contributed by atoms with van der Waals surface area (Å²) in [5.41, 5.74) is 0.631. The van der Waals surface area contributed by atoms with Gasteiger partial charge in [-0.2, -0.15) is 0 Å². The van der Waals surface area contributed by atoms with Crippen LogP contribution in [0.3, 0.4) is 0 Å². The molecule has 1 heterocycles. The van der Waals surface area contributed by atoms with Gasteiger partial charge in [-0.3, -0.25) is 0 Å². The second kappa shape index (κ2) is 4.18. The van der Waals surface area contributed by atoms with E-state index in [2.05, 4.69) is 0 Å². The smallest absolute Gasteiger partial charge is 0.340 e. The highest BCUT2D eigenvalue weighted by Gasteiger charge is 2.14. The number of carboxylic acids is 1. The number of carbonyl (C=O) groups excluding carboxylic acids is 1. The molecule has 94 valence electrons. The number of hydrogen-bond acceptors (Lipinski definition) is 5. The normalized spacial score (nSPS) is 10.8. The Balaban J connectivity index is 2.83. The molecule has 1 aromatic heterocycles. The van der Waals surface area contributed by atoms with E-state index in [-0.39, 0.29) is 16.9 Å². The highest BCUT2D eigenvalue weighted by atomic mass is 16.4. The first-order chi connectivity index (χ1) is 8.41. The molecule has 0 spiro atoms. The summed E-state index contributed by atoms with van der Waals surface area (Å²) in [5, 5.41) is 20.8. The number of benzene rings is 1. The Hall–Kier alpha value is -2.30. The van der Waals surface area contributed by atoms with Gasteiger partial charge >= 0.3 is 5.63 Å². The summed E-state index contributed by atoms with van der Waals surface area (Å²) in [6, 6.07) is 3.07. The SMILES string of the molecule is Cc1c(CC(=O)[O-])c(=O)oc2c(C)c(O)ccc12. The predicted octanol–water partition coefficient (Wildman–Crippen LogP) is 0.408. The number of aliphatic carboxylic acids is 1. The average Bonchev–Trinajstić information content (AvgIpc) is 2.29. The highest BCUT2D eigenvalue weighted by Crippen LogP contribution is 2.28. The molecule has 0 aliphatic carbocycles. The number of aryl methyl sites for hydroxylation is 2. The molecule has 5 nitrogen and oxygen atoms in total. The Labute approximate surface area is 102 Å². The Morgan fingerprint density at radius 3 is 2.61 bits per heavy atom. The van der Waals surface area contributed by atoms with Crippen LogP contribution in [0.1, 0.15) is 16.7 Å². The van der Waals surface area contributed by atoms with Gasteiger partial charge in [0, 0.05) is 28.9 Å². The van der Waals surface area contributed by atoms with Crippen LogP contribution in [0.2, 0.25) is 0 Å². The maximum absolute atomic E-state index is 11.7. The topological polar surface area (TPSA) is 90.6 Å². The predicted molar refractivity (Wildman–Crippen MR) is 62.3 cm³/mol. The summed E-state index contributed by atoms with van der Waals surface area (Å²) in [4.78, 5) is 22.3. The van der Waals surface area contributed by atoms with Gasteiger partial charge in [0.25, 0.3) is 0 Å². The zero-order chi connectivity index (χ0) is 13.4. The maximum atomic E-state index is 11.7. The van der Waals surface area contributed by atoms with E-state index in [4.69, 9.17) is 4.42 Å². The molecular weight excluding hydrogens is 236 g/mol. The molecule has 0 saturated carbocycles. The summed E-state index contributed by atoms with van der Waals surface area (Å²) in [6.07, 6.45) is -0.482. The number of hydrogen-bond donors (Lipinski definition) is 1. The first-order valence-electron chi connectivity index (χ1n) is 5.36. The van der Waals surface area contributed by atoms with Crippen LogP contribution < -0.4 is 10.7 Å². The molecular formula is C13H11O5-. The van der Waals surface area contributed by atoms with E-state index >= 15 is 0 Å². The minimum absolute atomic E-state index is 0.0256. The van der Waals surface area contributed by atoms with Crippen molar-refractivity contribution in [3.8, 4) is 5.75 Å². The van der Waals surface area contributed by atoms with Gasteiger partial charge in [-0.05, 0) is 31.5 Å². The Morgan fingerprint density at radius 1 is 1.33 bits per heavy atom. The van der Waals surface area contributed by atoms with Crippen molar-refractivity contribution in [3.05, 3.63) is 39.2 Å². The van der Waals surface area contributed by atoms with Crippen LogP contribution in [0.5, 0.6) is 5.75 Å². The van der Waals surface area contributed by atoms with Gasteiger partial charge in [0.05, 0.1) is 0 Å². The monoisotopic (exact) mass is 247 g/mol. The Kier molecular flexibility index (Phi) is 2.82. The molecule has 0 atom stereocenters. The van der Waals surface area contributed by atoms with Crippen molar-refractivity contribution in [2.24, 2.45) is 0 Å². The van der Waals surface area contributed by atoms with Crippen molar-refractivity contribution in [1.29, 1.82) is 0 Å². The minimum atomic E-state index is -1.33. The molecule has 0 aliphatic rings. The van der Waals surface area contributed by atoms with Gasteiger partial charge in [-0.1, -0.05) is 0 Å². The van der Waals surface area contributed by atoms with Crippen molar-refractivity contribution in [2.75, 3.05) is 0 Å². The lowest BCUT2D eigenvalue weighted by atomic mass is 10.0. The summed E-state index contributed by atoms with van der Waals surface area (Å²) in [6.45, 7) is 3.27. The van der Waals surface area contributed by atoms with E-state index in [0.29, 0.717) is 16.5 Å². The highest BCUT2D eigenvalue weighted by molar-refractivity contribution is 5.86. The quantitative estimate of drug-likeness (QED) is 0.776. The lowest BCUT2D eigenvalue weighted by Gasteiger charge is -2.10. The van der Waals surface area contributed by atoms with E-state index in [1.807, 2.05) is 0 Å². The van der Waals surface area contributed by atoms with Gasteiger partial charge in [-0.25, -0.2) is 4.79 Å². The van der Waals surface area contributed by atoms with Crippen LogP contribution in [0.4, 0.5) is 0 Å². The third-order valence-electron chi connectivity index (χ3n) is 3.00. The minimum Gasteiger partial charge on any atom is -0.550 e. The van der Waals surface area contributed by atoms with Gasteiger partial charge in [0.2, 0.25) is 0 Å². The zero-order valence-corrected chi connectivity index (χ0v) is 9.94. The molecule has 0 aliphatic heterocycles.